The summed E-state index contributed by atoms with van der Waals surface area (Å²) in [6.45, 7) is 0. The standard InChI is InChI=1S/C8H8N2O4/c1-9-7-5(8(11)12)3-2-4-6(7)10(13)14/h2-5H,1H3,(H,11,12). The van der Waals surface area contributed by atoms with Crippen LogP contribution in [0.25, 0.3) is 0 Å². The molecule has 0 aromatic heterocycles. The summed E-state index contributed by atoms with van der Waals surface area (Å²) in [6, 6.07) is 0. The largest absolute Gasteiger partial charge is 0.481 e. The number of carbonyl (C=O) groups is 1. The van der Waals surface area contributed by atoms with Crippen LogP contribution in [0.5, 0.6) is 0 Å². The highest BCUT2D eigenvalue weighted by Gasteiger charge is 2.32. The van der Waals surface area contributed by atoms with E-state index in [0.717, 1.165) is 0 Å². The highest BCUT2D eigenvalue weighted by molar-refractivity contribution is 6.12. The van der Waals surface area contributed by atoms with E-state index in [2.05, 4.69) is 4.99 Å². The number of hydrogen-bond acceptors (Lipinski definition) is 4. The van der Waals surface area contributed by atoms with Gasteiger partial charge in [0.2, 0.25) is 0 Å². The normalized spacial score (nSPS) is 23.4. The first-order valence-electron chi connectivity index (χ1n) is 3.80. The minimum absolute atomic E-state index is 0.0231. The van der Waals surface area contributed by atoms with Crippen molar-refractivity contribution >= 4 is 11.7 Å². The number of aliphatic imine (C=N–C) groups is 1. The van der Waals surface area contributed by atoms with Gasteiger partial charge in [0.15, 0.2) is 0 Å². The van der Waals surface area contributed by atoms with Crippen LogP contribution >= 0.6 is 0 Å². The summed E-state index contributed by atoms with van der Waals surface area (Å²) in [4.78, 5) is 24.2. The molecule has 1 N–H and O–H groups in total. The molecule has 0 bridgehead atoms. The molecule has 1 atom stereocenters. The molecular weight excluding hydrogens is 188 g/mol. The van der Waals surface area contributed by atoms with Crippen LogP contribution in [0.1, 0.15) is 0 Å². The van der Waals surface area contributed by atoms with Gasteiger partial charge in [0.05, 0.1) is 4.92 Å². The van der Waals surface area contributed by atoms with Crippen LogP contribution in [-0.2, 0) is 4.79 Å². The molecule has 0 saturated heterocycles. The molecule has 6 nitrogen and oxygen atoms in total. The number of nitro groups is 1. The molecular formula is C8H8N2O4. The minimum Gasteiger partial charge on any atom is -0.481 e. The number of hydrogen-bond donors (Lipinski definition) is 1. The SMILES string of the molecule is CN=C1C([N+](=O)[O-])=CC=CC1C(=O)O. The second kappa shape index (κ2) is 3.82. The predicted octanol–water partition coefficient (Wildman–Crippen LogP) is 0.488. The van der Waals surface area contributed by atoms with Crippen molar-refractivity contribution in [3.05, 3.63) is 34.0 Å². The molecule has 0 radical (unpaired) electrons. The smallest absolute Gasteiger partial charge is 0.316 e. The molecule has 1 rings (SSSR count). The summed E-state index contributed by atoms with van der Waals surface area (Å²) in [5.41, 5.74) is -0.285. The summed E-state index contributed by atoms with van der Waals surface area (Å²) < 4.78 is 0. The second-order valence-corrected chi connectivity index (χ2v) is 2.62. The Morgan fingerprint density at radius 2 is 2.36 bits per heavy atom. The number of carboxylic acids is 1. The van der Waals surface area contributed by atoms with Gasteiger partial charge in [-0.25, -0.2) is 0 Å². The van der Waals surface area contributed by atoms with Crippen LogP contribution in [0.4, 0.5) is 0 Å². The number of aliphatic carboxylic acids is 1. The Labute approximate surface area is 79.4 Å². The van der Waals surface area contributed by atoms with E-state index in [1.807, 2.05) is 0 Å². The summed E-state index contributed by atoms with van der Waals surface area (Å²) in [5, 5.41) is 19.3. The number of rotatable bonds is 2. The molecule has 1 unspecified atom stereocenters. The van der Waals surface area contributed by atoms with Gasteiger partial charge in [0.1, 0.15) is 11.6 Å². The monoisotopic (exact) mass is 196 g/mol. The molecule has 0 fully saturated rings. The van der Waals surface area contributed by atoms with Crippen molar-refractivity contribution in [2.45, 2.75) is 0 Å². The van der Waals surface area contributed by atoms with Crippen molar-refractivity contribution in [3.8, 4) is 0 Å². The third kappa shape index (κ3) is 1.68. The second-order valence-electron chi connectivity index (χ2n) is 2.62. The molecule has 1 aliphatic rings. The lowest BCUT2D eigenvalue weighted by Gasteiger charge is -2.11. The average molecular weight is 196 g/mol. The molecule has 0 amide bonds. The van der Waals surface area contributed by atoms with Crippen LogP contribution in [0.3, 0.4) is 0 Å². The van der Waals surface area contributed by atoms with E-state index in [1.165, 1.54) is 25.3 Å². The Morgan fingerprint density at radius 1 is 1.71 bits per heavy atom. The fourth-order valence-corrected chi connectivity index (χ4v) is 1.20. The van der Waals surface area contributed by atoms with Crippen LogP contribution in [0, 0.1) is 16.0 Å². The van der Waals surface area contributed by atoms with Gasteiger partial charge in [-0.15, -0.1) is 0 Å². The van der Waals surface area contributed by atoms with E-state index in [9.17, 15) is 14.9 Å². The third-order valence-corrected chi connectivity index (χ3v) is 1.82. The van der Waals surface area contributed by atoms with Gasteiger partial charge < -0.3 is 5.11 Å². The summed E-state index contributed by atoms with van der Waals surface area (Å²) in [5.74, 6) is -2.17. The van der Waals surface area contributed by atoms with Crippen LogP contribution in [-0.4, -0.2) is 28.8 Å². The number of allylic oxidation sites excluding steroid dienone is 3. The molecule has 14 heavy (non-hydrogen) atoms. The maximum absolute atomic E-state index is 10.7. The topological polar surface area (TPSA) is 92.8 Å². The van der Waals surface area contributed by atoms with Crippen molar-refractivity contribution in [3.63, 3.8) is 0 Å². The zero-order chi connectivity index (χ0) is 10.7. The van der Waals surface area contributed by atoms with Gasteiger partial charge in [-0.05, 0) is 0 Å². The zero-order valence-electron chi connectivity index (χ0n) is 7.38. The van der Waals surface area contributed by atoms with E-state index in [0.29, 0.717) is 0 Å². The van der Waals surface area contributed by atoms with E-state index in [4.69, 9.17) is 5.11 Å². The van der Waals surface area contributed by atoms with Crippen LogP contribution in [0.15, 0.2) is 28.9 Å². The van der Waals surface area contributed by atoms with Gasteiger partial charge in [-0.2, -0.15) is 0 Å². The van der Waals surface area contributed by atoms with Gasteiger partial charge in [0, 0.05) is 13.1 Å². The van der Waals surface area contributed by atoms with Gasteiger partial charge in [-0.1, -0.05) is 12.2 Å². The maximum Gasteiger partial charge on any atom is 0.316 e. The first kappa shape index (κ1) is 10.1. The van der Waals surface area contributed by atoms with E-state index < -0.39 is 16.8 Å². The Balaban J connectivity index is 3.12. The molecule has 1 aliphatic carbocycles. The first-order chi connectivity index (χ1) is 6.57. The average Bonchev–Trinajstić information content (AvgIpc) is 2.16. The van der Waals surface area contributed by atoms with Gasteiger partial charge >= 0.3 is 5.97 Å². The van der Waals surface area contributed by atoms with Crippen molar-refractivity contribution in [1.29, 1.82) is 0 Å². The van der Waals surface area contributed by atoms with Crippen molar-refractivity contribution < 1.29 is 14.8 Å². The number of nitrogens with zero attached hydrogens (tertiary/aromatic N) is 2. The fraction of sp³-hybridized carbons (Fsp3) is 0.250. The molecule has 0 aromatic rings. The maximum atomic E-state index is 10.7. The zero-order valence-corrected chi connectivity index (χ0v) is 7.38. The lowest BCUT2D eigenvalue weighted by Crippen LogP contribution is -2.28. The molecule has 0 heterocycles. The van der Waals surface area contributed by atoms with Gasteiger partial charge in [-0.3, -0.25) is 19.9 Å². The van der Waals surface area contributed by atoms with Gasteiger partial charge in [0.25, 0.3) is 5.70 Å². The Bertz CT molecular complexity index is 368. The van der Waals surface area contributed by atoms with Crippen molar-refractivity contribution in [1.82, 2.24) is 0 Å². The molecule has 0 spiro atoms. The number of carboxylic acid groups (broad SMARTS) is 1. The highest BCUT2D eigenvalue weighted by atomic mass is 16.6. The van der Waals surface area contributed by atoms with Crippen LogP contribution in [0.2, 0.25) is 0 Å². The lowest BCUT2D eigenvalue weighted by atomic mass is 9.96. The lowest BCUT2D eigenvalue weighted by molar-refractivity contribution is -0.415. The minimum atomic E-state index is -1.14. The summed E-state index contributed by atoms with van der Waals surface area (Å²) in [6.07, 6.45) is 3.95. The quantitative estimate of drug-likeness (QED) is 0.513. The summed E-state index contributed by atoms with van der Waals surface area (Å²) in [7, 11) is 1.34. The Morgan fingerprint density at radius 3 is 2.79 bits per heavy atom. The van der Waals surface area contributed by atoms with E-state index in [-0.39, 0.29) is 11.4 Å². The molecule has 0 aromatic carbocycles. The molecule has 74 valence electrons. The molecule has 6 heteroatoms. The van der Waals surface area contributed by atoms with Crippen LogP contribution < -0.4 is 0 Å². The highest BCUT2D eigenvalue weighted by Crippen LogP contribution is 2.16. The Hall–Kier alpha value is -1.98. The van der Waals surface area contributed by atoms with E-state index in [1.54, 1.807) is 0 Å². The Kier molecular flexibility index (Phi) is 2.76. The third-order valence-electron chi connectivity index (χ3n) is 1.82. The first-order valence-corrected chi connectivity index (χ1v) is 3.80. The van der Waals surface area contributed by atoms with E-state index >= 15 is 0 Å². The fourth-order valence-electron chi connectivity index (χ4n) is 1.20. The predicted molar refractivity (Wildman–Crippen MR) is 48.7 cm³/mol. The molecule has 0 aliphatic heterocycles. The summed E-state index contributed by atoms with van der Waals surface area (Å²) >= 11 is 0. The van der Waals surface area contributed by atoms with Crippen molar-refractivity contribution in [2.24, 2.45) is 10.9 Å². The van der Waals surface area contributed by atoms with Crippen molar-refractivity contribution in [2.75, 3.05) is 7.05 Å². The molecule has 0 saturated carbocycles.